The van der Waals surface area contributed by atoms with E-state index in [9.17, 15) is 4.79 Å². The molecule has 0 radical (unpaired) electrons. The second kappa shape index (κ2) is 6.80. The number of fused-ring (bicyclic) bond motifs is 1. The van der Waals surface area contributed by atoms with E-state index in [2.05, 4.69) is 15.2 Å². The first kappa shape index (κ1) is 16.1. The summed E-state index contributed by atoms with van der Waals surface area (Å²) >= 11 is 5.87. The van der Waals surface area contributed by atoms with Crippen molar-refractivity contribution < 1.29 is 9.53 Å². The highest BCUT2D eigenvalue weighted by Gasteiger charge is 2.16. The lowest BCUT2D eigenvalue weighted by molar-refractivity contribution is -0.139. The molecule has 24 heavy (non-hydrogen) atoms. The Morgan fingerprint density at radius 2 is 2.00 bits per heavy atom. The van der Waals surface area contributed by atoms with Crippen LogP contribution < -0.4 is 0 Å². The van der Waals surface area contributed by atoms with Crippen LogP contribution in [0.2, 0.25) is 5.02 Å². The van der Waals surface area contributed by atoms with Gasteiger partial charge in [0.2, 0.25) is 0 Å². The van der Waals surface area contributed by atoms with Crippen LogP contribution in [0.4, 0.5) is 11.5 Å². The van der Waals surface area contributed by atoms with Gasteiger partial charge in [0.25, 0.3) is 0 Å². The number of nitrogens with zero attached hydrogens (tertiary/aromatic N) is 4. The van der Waals surface area contributed by atoms with Gasteiger partial charge in [-0.2, -0.15) is 0 Å². The number of imidazole rings is 1. The minimum Gasteiger partial charge on any atom is -0.469 e. The van der Waals surface area contributed by atoms with Crippen LogP contribution in [-0.2, 0) is 16.0 Å². The van der Waals surface area contributed by atoms with Crippen LogP contribution in [0, 0.1) is 6.92 Å². The van der Waals surface area contributed by atoms with E-state index in [4.69, 9.17) is 16.3 Å². The summed E-state index contributed by atoms with van der Waals surface area (Å²) < 4.78 is 6.55. The van der Waals surface area contributed by atoms with E-state index in [-0.39, 0.29) is 12.4 Å². The second-order valence-electron chi connectivity index (χ2n) is 5.20. The standard InChI is InChI=1S/C17H15ClN4O2/c1-11-4-3-9-22-16(11)19-14(10-15(23)24-2)17(22)21-20-13-7-5-12(18)6-8-13/h3-9H,10H2,1-2H3. The van der Waals surface area contributed by atoms with Gasteiger partial charge in [-0.05, 0) is 42.8 Å². The van der Waals surface area contributed by atoms with Gasteiger partial charge >= 0.3 is 5.97 Å². The molecule has 0 aliphatic carbocycles. The SMILES string of the molecule is COC(=O)Cc1nc2c(C)cccn2c1N=Nc1ccc(Cl)cc1. The predicted molar refractivity (Wildman–Crippen MR) is 91.3 cm³/mol. The van der Waals surface area contributed by atoms with Gasteiger partial charge < -0.3 is 4.74 Å². The van der Waals surface area contributed by atoms with E-state index < -0.39 is 0 Å². The van der Waals surface area contributed by atoms with E-state index in [0.717, 1.165) is 11.2 Å². The average Bonchev–Trinajstić information content (AvgIpc) is 2.93. The molecule has 0 amide bonds. The van der Waals surface area contributed by atoms with E-state index in [1.165, 1.54) is 7.11 Å². The number of carbonyl (C=O) groups excluding carboxylic acids is 1. The Balaban J connectivity index is 2.06. The van der Waals surface area contributed by atoms with E-state index in [1.807, 2.05) is 29.7 Å². The monoisotopic (exact) mass is 342 g/mol. The topological polar surface area (TPSA) is 68.3 Å². The minimum atomic E-state index is -0.376. The zero-order valence-electron chi connectivity index (χ0n) is 13.2. The largest absolute Gasteiger partial charge is 0.469 e. The maximum absolute atomic E-state index is 11.6. The first-order valence-corrected chi connectivity index (χ1v) is 7.67. The highest BCUT2D eigenvalue weighted by Crippen LogP contribution is 2.26. The minimum absolute atomic E-state index is 0.0343. The number of esters is 1. The van der Waals surface area contributed by atoms with Crippen LogP contribution in [0.25, 0.3) is 5.65 Å². The van der Waals surface area contributed by atoms with Gasteiger partial charge in [0.15, 0.2) is 5.82 Å². The molecule has 1 aromatic carbocycles. The molecule has 3 aromatic rings. The number of carbonyl (C=O) groups is 1. The maximum Gasteiger partial charge on any atom is 0.311 e. The van der Waals surface area contributed by atoms with E-state index in [1.54, 1.807) is 24.3 Å². The Morgan fingerprint density at radius 1 is 1.25 bits per heavy atom. The first-order valence-electron chi connectivity index (χ1n) is 7.29. The van der Waals surface area contributed by atoms with Gasteiger partial charge in [-0.15, -0.1) is 10.2 Å². The van der Waals surface area contributed by atoms with Crippen molar-refractivity contribution >= 4 is 34.7 Å². The lowest BCUT2D eigenvalue weighted by Crippen LogP contribution is -2.04. The zero-order valence-corrected chi connectivity index (χ0v) is 14.0. The summed E-state index contributed by atoms with van der Waals surface area (Å²) in [5.41, 5.74) is 2.90. The number of benzene rings is 1. The van der Waals surface area contributed by atoms with Crippen LogP contribution in [0.3, 0.4) is 0 Å². The molecule has 0 spiro atoms. The number of pyridine rings is 1. The zero-order chi connectivity index (χ0) is 17.1. The predicted octanol–water partition coefficient (Wildman–Crippen LogP) is 4.43. The van der Waals surface area contributed by atoms with Gasteiger partial charge in [-0.25, -0.2) is 4.98 Å². The molecule has 0 saturated heterocycles. The molecule has 0 aliphatic rings. The normalized spacial score (nSPS) is 11.3. The lowest BCUT2D eigenvalue weighted by atomic mass is 10.3. The summed E-state index contributed by atoms with van der Waals surface area (Å²) in [6.07, 6.45) is 1.87. The number of rotatable bonds is 4. The van der Waals surface area contributed by atoms with Crippen molar-refractivity contribution in [3.8, 4) is 0 Å². The maximum atomic E-state index is 11.6. The molecule has 0 N–H and O–H groups in total. The second-order valence-corrected chi connectivity index (χ2v) is 5.63. The number of azo groups is 1. The van der Waals surface area contributed by atoms with Crippen molar-refractivity contribution in [1.82, 2.24) is 9.38 Å². The molecule has 2 heterocycles. The number of aryl methyl sites for hydroxylation is 1. The number of halogens is 1. The Hall–Kier alpha value is -2.73. The van der Waals surface area contributed by atoms with Gasteiger partial charge in [0.1, 0.15) is 5.65 Å². The third-order valence-electron chi connectivity index (χ3n) is 3.52. The van der Waals surface area contributed by atoms with Crippen LogP contribution in [0.1, 0.15) is 11.3 Å². The van der Waals surface area contributed by atoms with E-state index >= 15 is 0 Å². The molecule has 0 aliphatic heterocycles. The highest BCUT2D eigenvalue weighted by molar-refractivity contribution is 6.30. The van der Waals surface area contributed by atoms with Crippen LogP contribution >= 0.6 is 11.6 Å². The van der Waals surface area contributed by atoms with Gasteiger partial charge in [0, 0.05) is 11.2 Å². The van der Waals surface area contributed by atoms with Crippen molar-refractivity contribution in [1.29, 1.82) is 0 Å². The number of aromatic nitrogens is 2. The van der Waals surface area contributed by atoms with Crippen LogP contribution in [0.5, 0.6) is 0 Å². The van der Waals surface area contributed by atoms with Gasteiger partial charge in [-0.3, -0.25) is 9.20 Å². The van der Waals surface area contributed by atoms with Crippen molar-refractivity contribution in [3.05, 3.63) is 58.9 Å². The van der Waals surface area contributed by atoms with Crippen LogP contribution in [-0.4, -0.2) is 22.5 Å². The Bertz CT molecular complexity index is 916. The molecule has 122 valence electrons. The molecule has 3 rings (SSSR count). The number of hydrogen-bond donors (Lipinski definition) is 0. The highest BCUT2D eigenvalue weighted by atomic mass is 35.5. The fraction of sp³-hybridized carbons (Fsp3) is 0.176. The molecule has 2 aromatic heterocycles. The average molecular weight is 343 g/mol. The summed E-state index contributed by atoms with van der Waals surface area (Å²) in [5, 5.41) is 9.14. The molecular weight excluding hydrogens is 328 g/mol. The van der Waals surface area contributed by atoms with Gasteiger partial charge in [0.05, 0.1) is 24.9 Å². The summed E-state index contributed by atoms with van der Waals surface area (Å²) in [5.74, 6) is 0.132. The molecule has 0 atom stereocenters. The molecule has 0 saturated carbocycles. The summed E-state index contributed by atoms with van der Waals surface area (Å²) in [6, 6.07) is 10.9. The number of hydrogen-bond acceptors (Lipinski definition) is 5. The third kappa shape index (κ3) is 3.28. The van der Waals surface area contributed by atoms with Crippen LogP contribution in [0.15, 0.2) is 52.8 Å². The van der Waals surface area contributed by atoms with Crippen molar-refractivity contribution in [2.24, 2.45) is 10.2 Å². The molecule has 6 nitrogen and oxygen atoms in total. The molecule has 7 heteroatoms. The Labute approximate surface area is 143 Å². The molecule has 0 bridgehead atoms. The Morgan fingerprint density at radius 3 is 2.71 bits per heavy atom. The Kier molecular flexibility index (Phi) is 4.57. The van der Waals surface area contributed by atoms with Crippen molar-refractivity contribution in [2.75, 3.05) is 7.11 Å². The molecular formula is C17H15ClN4O2. The number of ether oxygens (including phenoxy) is 1. The summed E-state index contributed by atoms with van der Waals surface area (Å²) in [6.45, 7) is 1.95. The summed E-state index contributed by atoms with van der Waals surface area (Å²) in [4.78, 5) is 16.2. The molecule has 0 unspecified atom stereocenters. The van der Waals surface area contributed by atoms with Gasteiger partial charge in [-0.1, -0.05) is 17.7 Å². The first-order chi connectivity index (χ1) is 11.6. The fourth-order valence-corrected chi connectivity index (χ4v) is 2.41. The number of methoxy groups -OCH3 is 1. The summed E-state index contributed by atoms with van der Waals surface area (Å²) in [7, 11) is 1.35. The lowest BCUT2D eigenvalue weighted by Gasteiger charge is -1.99. The fourth-order valence-electron chi connectivity index (χ4n) is 2.28. The molecule has 0 fully saturated rings. The quantitative estimate of drug-likeness (QED) is 0.520. The third-order valence-corrected chi connectivity index (χ3v) is 3.77. The van der Waals surface area contributed by atoms with Crippen molar-refractivity contribution in [2.45, 2.75) is 13.3 Å². The van der Waals surface area contributed by atoms with E-state index in [0.29, 0.717) is 22.2 Å². The smallest absolute Gasteiger partial charge is 0.311 e. The van der Waals surface area contributed by atoms with Crippen molar-refractivity contribution in [3.63, 3.8) is 0 Å².